The van der Waals surface area contributed by atoms with Crippen LogP contribution in [-0.2, 0) is 9.53 Å². The van der Waals surface area contributed by atoms with Crippen LogP contribution in [0.15, 0.2) is 67.0 Å². The minimum absolute atomic E-state index is 0.0420. The molecule has 13 nitrogen and oxygen atoms in total. The molecule has 2 aromatic carbocycles. The Morgan fingerprint density at radius 3 is 2.30 bits per heavy atom. The number of imidazole rings is 1. The number of aliphatic hydroxyl groups excluding tert-OH is 2. The van der Waals surface area contributed by atoms with Gasteiger partial charge in [-0.05, 0) is 49.9 Å². The number of ether oxygens (including phenoxy) is 1. The maximum Gasteiger partial charge on any atom is 0.289 e. The number of rotatable bonds is 11. The third kappa shape index (κ3) is 6.72. The molecule has 2 saturated heterocycles. The molecule has 2 aliphatic rings. The highest BCUT2D eigenvalue weighted by Crippen LogP contribution is 2.33. The first-order valence-corrected chi connectivity index (χ1v) is 15.8. The number of nitrogens with one attached hydrogen (secondary N) is 4. The Morgan fingerprint density at radius 1 is 0.978 bits per heavy atom. The molecule has 6 rings (SSSR count). The zero-order chi connectivity index (χ0) is 32.0. The molecule has 242 valence electrons. The summed E-state index contributed by atoms with van der Waals surface area (Å²) in [7, 11) is 0. The van der Waals surface area contributed by atoms with Crippen LogP contribution >= 0.6 is 0 Å². The van der Waals surface area contributed by atoms with Crippen LogP contribution in [0, 0.1) is 5.92 Å². The van der Waals surface area contributed by atoms with Gasteiger partial charge in [-0.15, -0.1) is 0 Å². The molecule has 4 aromatic rings. The van der Waals surface area contributed by atoms with E-state index in [1.54, 1.807) is 6.92 Å². The average Bonchev–Trinajstić information content (AvgIpc) is 3.65. The largest absolute Gasteiger partial charge is 0.387 e. The molecule has 2 amide bonds. The van der Waals surface area contributed by atoms with Crippen molar-refractivity contribution < 1.29 is 24.5 Å². The highest BCUT2D eigenvalue weighted by Gasteiger charge is 2.47. The Labute approximate surface area is 266 Å². The highest BCUT2D eigenvalue weighted by atomic mass is 16.6. The number of anilines is 1. The minimum atomic E-state index is -1.47. The summed E-state index contributed by atoms with van der Waals surface area (Å²) >= 11 is 0. The van der Waals surface area contributed by atoms with E-state index in [2.05, 4.69) is 60.5 Å². The van der Waals surface area contributed by atoms with Gasteiger partial charge in [0.25, 0.3) is 11.8 Å². The van der Waals surface area contributed by atoms with E-state index >= 15 is 0 Å². The minimum Gasteiger partial charge on any atom is -0.387 e. The van der Waals surface area contributed by atoms with E-state index in [4.69, 9.17) is 4.74 Å². The molecule has 4 atom stereocenters. The van der Waals surface area contributed by atoms with Crippen LogP contribution < -0.4 is 21.3 Å². The van der Waals surface area contributed by atoms with Crippen molar-refractivity contribution in [2.45, 2.75) is 50.2 Å². The number of benzene rings is 2. The molecule has 0 radical (unpaired) electrons. The molecule has 2 fully saturated rings. The van der Waals surface area contributed by atoms with Crippen molar-refractivity contribution >= 4 is 28.8 Å². The molecule has 0 bridgehead atoms. The van der Waals surface area contributed by atoms with Crippen molar-refractivity contribution in [3.8, 4) is 0 Å². The van der Waals surface area contributed by atoms with Gasteiger partial charge < -0.3 is 36.2 Å². The quantitative estimate of drug-likeness (QED) is 0.143. The number of likely N-dealkylation sites (N-methyl/N-ethyl adjacent to an activating group) is 1. The normalized spacial score (nSPS) is 21.8. The topological polar surface area (TPSA) is 176 Å². The molecule has 2 aromatic heterocycles. The van der Waals surface area contributed by atoms with Gasteiger partial charge in [0.15, 0.2) is 29.3 Å². The summed E-state index contributed by atoms with van der Waals surface area (Å²) in [5, 5.41) is 34.0. The Hall–Kier alpha value is -4.43. The second-order valence-corrected chi connectivity index (χ2v) is 11.7. The van der Waals surface area contributed by atoms with E-state index < -0.39 is 36.4 Å². The van der Waals surface area contributed by atoms with Gasteiger partial charge in [-0.1, -0.05) is 60.7 Å². The number of aromatic nitrogens is 4. The Balaban J connectivity index is 1.34. The molecular weight excluding hydrogens is 588 g/mol. The number of aliphatic hydroxyl groups is 2. The zero-order valence-electron chi connectivity index (χ0n) is 25.7. The fourth-order valence-corrected chi connectivity index (χ4v) is 6.11. The molecule has 2 aliphatic heterocycles. The Bertz CT molecular complexity index is 1590. The van der Waals surface area contributed by atoms with Gasteiger partial charge in [0.1, 0.15) is 12.2 Å². The van der Waals surface area contributed by atoms with Crippen molar-refractivity contribution in [1.29, 1.82) is 0 Å². The number of hydrogen-bond donors (Lipinski definition) is 6. The fraction of sp³-hybridized carbons (Fsp3) is 0.424. The lowest BCUT2D eigenvalue weighted by molar-refractivity contribution is -0.137. The van der Waals surface area contributed by atoms with E-state index in [1.807, 2.05) is 36.4 Å². The van der Waals surface area contributed by atoms with Crippen molar-refractivity contribution in [2.75, 3.05) is 38.0 Å². The lowest BCUT2D eigenvalue weighted by Crippen LogP contribution is -2.42. The van der Waals surface area contributed by atoms with Crippen molar-refractivity contribution in [3.05, 3.63) is 83.9 Å². The van der Waals surface area contributed by atoms with Crippen molar-refractivity contribution in [1.82, 2.24) is 35.5 Å². The number of hydrogen-bond acceptors (Lipinski definition) is 10. The Morgan fingerprint density at radius 2 is 1.65 bits per heavy atom. The summed E-state index contributed by atoms with van der Waals surface area (Å²) in [5.41, 5.74) is 2.77. The smallest absolute Gasteiger partial charge is 0.289 e. The van der Waals surface area contributed by atoms with E-state index in [1.165, 1.54) is 10.9 Å². The predicted octanol–water partition coefficient (Wildman–Crippen LogP) is 1.56. The number of piperidine rings is 1. The standard InChI is InChI=1S/C33H40N8O5/c1-2-35-31(44)27-25(42)26(43)33(46-27)41-19-38-24-28(36-18-23(21-9-5-3-6-10-21)22-11-7-4-8-12-22)39-29(40-30(24)41)32(45)37-17-20-13-15-34-16-14-20/h3-12,19-20,23,25-27,33-34,42-43H,2,13-18H2,1H3,(H,35,44)(H,37,45)(H,36,39,40)/t25-,26-,27-,33+/m0/s1. The molecule has 6 N–H and O–H groups in total. The van der Waals surface area contributed by atoms with Crippen LogP contribution in [0.3, 0.4) is 0 Å². The molecule has 0 unspecified atom stereocenters. The number of amides is 2. The van der Waals surface area contributed by atoms with Crippen molar-refractivity contribution in [2.24, 2.45) is 5.92 Å². The first-order valence-electron chi connectivity index (χ1n) is 15.8. The maximum atomic E-state index is 13.5. The SMILES string of the molecule is CCNC(=O)[C@H]1O[C@@H](n2cnc3c(NCC(c4ccccc4)c4ccccc4)nc(C(=O)NCC4CCNCC4)nc32)[C@@H](O)[C@@H]1O. The van der Waals surface area contributed by atoms with Gasteiger partial charge in [-0.25, -0.2) is 15.0 Å². The summed E-state index contributed by atoms with van der Waals surface area (Å²) in [5.74, 6) is -0.407. The third-order valence-electron chi connectivity index (χ3n) is 8.63. The summed E-state index contributed by atoms with van der Waals surface area (Å²) < 4.78 is 7.29. The van der Waals surface area contributed by atoms with E-state index in [9.17, 15) is 19.8 Å². The first kappa shape index (κ1) is 31.5. The van der Waals surface area contributed by atoms with Gasteiger partial charge in [0.05, 0.1) is 6.33 Å². The van der Waals surface area contributed by atoms with Gasteiger partial charge in [-0.2, -0.15) is 0 Å². The lowest BCUT2D eigenvalue weighted by Gasteiger charge is -2.22. The summed E-state index contributed by atoms with van der Waals surface area (Å²) in [4.78, 5) is 39.7. The highest BCUT2D eigenvalue weighted by molar-refractivity contribution is 5.94. The van der Waals surface area contributed by atoms with E-state index in [0.29, 0.717) is 36.9 Å². The van der Waals surface area contributed by atoms with Crippen LogP contribution in [0.2, 0.25) is 0 Å². The van der Waals surface area contributed by atoms with Gasteiger partial charge in [-0.3, -0.25) is 14.2 Å². The lowest BCUT2D eigenvalue weighted by atomic mass is 9.91. The van der Waals surface area contributed by atoms with E-state index in [-0.39, 0.29) is 17.4 Å². The monoisotopic (exact) mass is 628 g/mol. The molecular formula is C33H40N8O5. The number of fused-ring (bicyclic) bond motifs is 1. The number of carbonyl (C=O) groups is 2. The first-order chi connectivity index (χ1) is 22.4. The van der Waals surface area contributed by atoms with Crippen LogP contribution in [-0.4, -0.2) is 92.6 Å². The molecule has 0 aliphatic carbocycles. The summed E-state index contributed by atoms with van der Waals surface area (Å²) in [6.07, 6.45) is -2.05. The second-order valence-electron chi connectivity index (χ2n) is 11.7. The average molecular weight is 629 g/mol. The van der Waals surface area contributed by atoms with Crippen LogP contribution in [0.4, 0.5) is 5.82 Å². The molecule has 0 spiro atoms. The second kappa shape index (κ2) is 14.3. The molecule has 13 heteroatoms. The van der Waals surface area contributed by atoms with Crippen LogP contribution in [0.1, 0.15) is 53.7 Å². The molecule has 0 saturated carbocycles. The molecule has 46 heavy (non-hydrogen) atoms. The van der Waals surface area contributed by atoms with E-state index in [0.717, 1.165) is 37.1 Å². The van der Waals surface area contributed by atoms with Crippen LogP contribution in [0.5, 0.6) is 0 Å². The summed E-state index contributed by atoms with van der Waals surface area (Å²) in [6.45, 7) is 4.84. The van der Waals surface area contributed by atoms with Gasteiger partial charge >= 0.3 is 0 Å². The predicted molar refractivity (Wildman–Crippen MR) is 171 cm³/mol. The Kier molecular flexibility index (Phi) is 9.83. The summed E-state index contributed by atoms with van der Waals surface area (Å²) in [6, 6.07) is 20.2. The fourth-order valence-electron chi connectivity index (χ4n) is 6.11. The van der Waals surface area contributed by atoms with Crippen LogP contribution in [0.25, 0.3) is 11.2 Å². The van der Waals surface area contributed by atoms with Gasteiger partial charge in [0, 0.05) is 25.6 Å². The number of nitrogens with zero attached hydrogens (tertiary/aromatic N) is 4. The third-order valence-corrected chi connectivity index (χ3v) is 8.63. The zero-order valence-corrected chi connectivity index (χ0v) is 25.7. The van der Waals surface area contributed by atoms with Gasteiger partial charge in [0.2, 0.25) is 5.82 Å². The number of carbonyl (C=O) groups excluding carboxylic acids is 2. The van der Waals surface area contributed by atoms with Crippen molar-refractivity contribution in [3.63, 3.8) is 0 Å². The molecule has 4 heterocycles. The maximum absolute atomic E-state index is 13.5.